The molecule has 1 aromatic carbocycles. The highest BCUT2D eigenvalue weighted by Gasteiger charge is 2.52. The van der Waals surface area contributed by atoms with Gasteiger partial charge in [-0.2, -0.15) is 0 Å². The van der Waals surface area contributed by atoms with Crippen LogP contribution in [0.1, 0.15) is 12.5 Å². The highest BCUT2D eigenvalue weighted by Crippen LogP contribution is 2.52. The molecule has 2 aliphatic rings. The summed E-state index contributed by atoms with van der Waals surface area (Å²) in [5.41, 5.74) is 1.39. The monoisotopic (exact) mass is 408 g/mol. The van der Waals surface area contributed by atoms with Gasteiger partial charge in [0.2, 0.25) is 0 Å². The molecule has 1 N–H and O–H groups in total. The number of nitro groups is 1. The number of nitrogens with zero attached hydrogens (tertiary/aromatic N) is 2. The number of rotatable bonds is 7. The Morgan fingerprint density at radius 2 is 2.15 bits per heavy atom. The van der Waals surface area contributed by atoms with E-state index in [0.29, 0.717) is 21.1 Å². The van der Waals surface area contributed by atoms with Gasteiger partial charge in [-0.1, -0.05) is 17.8 Å². The second kappa shape index (κ2) is 8.15. The number of esters is 1. The number of β-lactam (4-membered cyclic amide) rings is 1. The zero-order chi connectivity index (χ0) is 19.6. The minimum Gasteiger partial charge on any atom is -0.456 e. The maximum atomic E-state index is 12.6. The van der Waals surface area contributed by atoms with Crippen molar-refractivity contribution in [2.45, 2.75) is 18.9 Å². The predicted octanol–water partition coefficient (Wildman–Crippen LogP) is 2.39. The minimum atomic E-state index is -0.632. The van der Waals surface area contributed by atoms with Crippen molar-refractivity contribution in [3.05, 3.63) is 61.5 Å². The molecule has 2 aliphatic heterocycles. The summed E-state index contributed by atoms with van der Waals surface area (Å²) in [6.07, 6.45) is 1.73. The molecule has 8 nitrogen and oxygen atoms in total. The third-order valence-corrected chi connectivity index (χ3v) is 6.55. The Bertz CT molecular complexity index is 849. The summed E-state index contributed by atoms with van der Waals surface area (Å²) in [7, 11) is 0. The van der Waals surface area contributed by atoms with E-state index in [1.165, 1.54) is 52.7 Å². The van der Waals surface area contributed by atoms with Crippen LogP contribution < -0.4 is 0 Å². The van der Waals surface area contributed by atoms with Gasteiger partial charge in [-0.05, 0) is 24.6 Å². The fraction of sp³-hybridized carbons (Fsp3) is 0.294. The predicted molar refractivity (Wildman–Crippen MR) is 101 cm³/mol. The van der Waals surface area contributed by atoms with Crippen molar-refractivity contribution in [1.29, 1.82) is 0 Å². The van der Waals surface area contributed by atoms with Crippen molar-refractivity contribution in [3.63, 3.8) is 0 Å². The van der Waals surface area contributed by atoms with Crippen LogP contribution >= 0.6 is 23.5 Å². The van der Waals surface area contributed by atoms with Crippen molar-refractivity contribution in [2.24, 2.45) is 0 Å². The summed E-state index contributed by atoms with van der Waals surface area (Å²) >= 11 is 2.70. The fourth-order valence-electron chi connectivity index (χ4n) is 2.63. The molecule has 3 rings (SSSR count). The largest absolute Gasteiger partial charge is 0.456 e. The summed E-state index contributed by atoms with van der Waals surface area (Å²) in [6, 6.07) is 5.70. The van der Waals surface area contributed by atoms with Crippen LogP contribution in [0.2, 0.25) is 0 Å². The summed E-state index contributed by atoms with van der Waals surface area (Å²) < 4.78 is 5.97. The van der Waals surface area contributed by atoms with Gasteiger partial charge in [0.25, 0.3) is 11.6 Å². The molecule has 0 spiro atoms. The maximum absolute atomic E-state index is 12.6. The van der Waals surface area contributed by atoms with E-state index < -0.39 is 10.9 Å². The van der Waals surface area contributed by atoms with Crippen molar-refractivity contribution >= 4 is 41.1 Å². The van der Waals surface area contributed by atoms with Crippen molar-refractivity contribution in [2.75, 3.05) is 12.4 Å². The van der Waals surface area contributed by atoms with Gasteiger partial charge in [0.05, 0.1) is 15.8 Å². The number of allylic oxidation sites excluding steroid dienone is 1. The first kappa shape index (κ1) is 19.5. The normalized spacial score (nSPS) is 19.9. The van der Waals surface area contributed by atoms with Crippen molar-refractivity contribution < 1.29 is 24.4 Å². The summed E-state index contributed by atoms with van der Waals surface area (Å²) in [5, 5.41) is 19.5. The first-order valence-electron chi connectivity index (χ1n) is 8.02. The molecule has 0 radical (unpaired) electrons. The number of benzene rings is 1. The van der Waals surface area contributed by atoms with Crippen LogP contribution in [0.3, 0.4) is 0 Å². The van der Waals surface area contributed by atoms with Gasteiger partial charge in [-0.15, -0.1) is 11.8 Å². The molecule has 1 amide bonds. The molecule has 0 saturated carbocycles. The molecule has 0 aromatic heterocycles. The van der Waals surface area contributed by atoms with Crippen LogP contribution in [0, 0.1) is 10.1 Å². The van der Waals surface area contributed by atoms with Crippen LogP contribution in [0.25, 0.3) is 0 Å². The Morgan fingerprint density at radius 1 is 1.44 bits per heavy atom. The van der Waals surface area contributed by atoms with Crippen molar-refractivity contribution in [3.8, 4) is 0 Å². The lowest BCUT2D eigenvalue weighted by molar-refractivity contribution is -0.384. The van der Waals surface area contributed by atoms with E-state index >= 15 is 0 Å². The van der Waals surface area contributed by atoms with Gasteiger partial charge in [-0.3, -0.25) is 19.8 Å². The molecule has 10 heteroatoms. The number of fused-ring (bicyclic) bond motifs is 1. The van der Waals surface area contributed by atoms with E-state index in [4.69, 9.17) is 9.84 Å². The Balaban J connectivity index is 1.72. The first-order chi connectivity index (χ1) is 13.0. The van der Waals surface area contributed by atoms with Crippen LogP contribution in [0.4, 0.5) is 5.69 Å². The Kier molecular flexibility index (Phi) is 5.88. The van der Waals surface area contributed by atoms with E-state index in [2.05, 4.69) is 0 Å². The third kappa shape index (κ3) is 3.73. The van der Waals surface area contributed by atoms with Gasteiger partial charge in [0.1, 0.15) is 12.0 Å². The molecule has 1 aromatic rings. The second-order valence-electron chi connectivity index (χ2n) is 5.60. The van der Waals surface area contributed by atoms with Crippen molar-refractivity contribution in [1.82, 2.24) is 4.90 Å². The number of aliphatic hydroxyl groups excluding tert-OH is 1. The molecule has 0 aliphatic carbocycles. The molecule has 142 valence electrons. The molecule has 1 unspecified atom stereocenters. The highest BCUT2D eigenvalue weighted by atomic mass is 32.2. The van der Waals surface area contributed by atoms with Crippen LogP contribution in [0.5, 0.6) is 0 Å². The topological polar surface area (TPSA) is 110 Å². The van der Waals surface area contributed by atoms with E-state index in [1.54, 1.807) is 13.0 Å². The van der Waals surface area contributed by atoms with E-state index in [9.17, 15) is 19.7 Å². The zero-order valence-electron chi connectivity index (χ0n) is 14.3. The first-order valence-corrected chi connectivity index (χ1v) is 9.89. The molecule has 1 atom stereocenters. The molecule has 27 heavy (non-hydrogen) atoms. The van der Waals surface area contributed by atoms with Gasteiger partial charge < -0.3 is 9.84 Å². The number of thioether (sulfide) groups is 2. The summed E-state index contributed by atoms with van der Waals surface area (Å²) in [5.74, 6) is -0.453. The number of non-ortho nitro benzene ring substituents is 1. The molecule has 1 fully saturated rings. The van der Waals surface area contributed by atoms with Gasteiger partial charge in [-0.25, -0.2) is 4.79 Å². The Hall–Kier alpha value is -2.30. The summed E-state index contributed by atoms with van der Waals surface area (Å²) in [6.45, 7) is 1.66. The number of carbonyl (C=O) groups excluding carboxylic acids is 2. The standard InChI is InChI=1S/C17H16N2O6S2/c1-2-12-14(21)18-13(17(26-8-7-20)27-15(12)18)16(22)25-9-10-3-5-11(6-4-10)19(23)24/h2-6,15,20H,7-9H2,1H3. The molecule has 2 heterocycles. The lowest BCUT2D eigenvalue weighted by Gasteiger charge is -2.37. The third-order valence-electron chi connectivity index (χ3n) is 3.97. The number of nitro benzene ring substituents is 1. The SMILES string of the molecule is CC=C1C(=O)N2C(C(=O)OCc3ccc([N+](=O)[O-])cc3)=C(SCCO)SC12. The van der Waals surface area contributed by atoms with Gasteiger partial charge in [0.15, 0.2) is 5.70 Å². The molecule has 0 bridgehead atoms. The number of aliphatic hydroxyl groups is 1. The Morgan fingerprint density at radius 3 is 2.74 bits per heavy atom. The quantitative estimate of drug-likeness (QED) is 0.241. The molecular weight excluding hydrogens is 392 g/mol. The molecule has 1 saturated heterocycles. The Labute approximate surface area is 163 Å². The fourth-order valence-corrected chi connectivity index (χ4v) is 5.19. The average Bonchev–Trinajstić information content (AvgIpc) is 3.00. The number of carbonyl (C=O) groups is 2. The van der Waals surface area contributed by atoms with E-state index in [1.807, 2.05) is 0 Å². The number of hydrogen-bond donors (Lipinski definition) is 1. The van der Waals surface area contributed by atoms with Crippen LogP contribution in [0.15, 0.2) is 45.8 Å². The van der Waals surface area contributed by atoms with E-state index in [-0.39, 0.29) is 35.9 Å². The van der Waals surface area contributed by atoms with E-state index in [0.717, 1.165) is 0 Å². The maximum Gasteiger partial charge on any atom is 0.357 e. The smallest absolute Gasteiger partial charge is 0.357 e. The lowest BCUT2D eigenvalue weighted by Crippen LogP contribution is -2.51. The van der Waals surface area contributed by atoms with Crippen LogP contribution in [-0.2, 0) is 20.9 Å². The second-order valence-corrected chi connectivity index (χ2v) is 8.05. The highest BCUT2D eigenvalue weighted by molar-refractivity contribution is 8.22. The average molecular weight is 408 g/mol. The molecular formula is C17H16N2O6S2. The zero-order valence-corrected chi connectivity index (χ0v) is 15.9. The minimum absolute atomic E-state index is 0.0458. The van der Waals surface area contributed by atoms with Gasteiger partial charge in [0, 0.05) is 23.5 Å². The number of amides is 1. The van der Waals surface area contributed by atoms with Crippen LogP contribution in [-0.4, -0.2) is 44.5 Å². The lowest BCUT2D eigenvalue weighted by atomic mass is 10.1. The number of hydrogen-bond acceptors (Lipinski definition) is 8. The summed E-state index contributed by atoms with van der Waals surface area (Å²) in [4.78, 5) is 36.5. The van der Waals surface area contributed by atoms with Gasteiger partial charge >= 0.3 is 5.97 Å². The number of ether oxygens (including phenoxy) is 1.